The molecule has 0 radical (unpaired) electrons. The van der Waals surface area contributed by atoms with Gasteiger partial charge in [-0.05, 0) is 35.9 Å². The Kier molecular flexibility index (Phi) is 4.69. The third-order valence-corrected chi connectivity index (χ3v) is 5.08. The molecule has 0 atom stereocenters. The summed E-state index contributed by atoms with van der Waals surface area (Å²) in [5.74, 6) is -0.431. The molecule has 21 heavy (non-hydrogen) atoms. The molecule has 0 aliphatic heterocycles. The number of rotatable bonds is 5. The fraction of sp³-hybridized carbons (Fsp3) is 0.133. The number of hydrogen-bond acceptors (Lipinski definition) is 4. The van der Waals surface area contributed by atoms with E-state index in [4.69, 9.17) is 5.11 Å². The van der Waals surface area contributed by atoms with E-state index in [9.17, 15) is 13.2 Å². The number of carboxylic acids is 1. The van der Waals surface area contributed by atoms with Crippen molar-refractivity contribution >= 4 is 27.6 Å². The highest BCUT2D eigenvalue weighted by atomic mass is 32.2. The second-order valence-corrected chi connectivity index (χ2v) is 7.56. The number of carbonyl (C=O) groups is 1. The first-order chi connectivity index (χ1) is 9.88. The van der Waals surface area contributed by atoms with Crippen LogP contribution in [0.5, 0.6) is 0 Å². The maximum atomic E-state index is 11.4. The normalized spacial score (nSPS) is 11.3. The number of hydrogen-bond donors (Lipinski definition) is 1. The second-order valence-electron chi connectivity index (χ2n) is 4.49. The number of carboxylic acid groups (broad SMARTS) is 1. The zero-order valence-electron chi connectivity index (χ0n) is 11.3. The van der Waals surface area contributed by atoms with Gasteiger partial charge in [-0.3, -0.25) is 0 Å². The van der Waals surface area contributed by atoms with Crippen molar-refractivity contribution in [2.24, 2.45) is 0 Å². The Morgan fingerprint density at radius 2 is 1.71 bits per heavy atom. The molecule has 2 rings (SSSR count). The summed E-state index contributed by atoms with van der Waals surface area (Å²) in [6, 6.07) is 13.4. The van der Waals surface area contributed by atoms with Crippen LogP contribution in [0.2, 0.25) is 0 Å². The third kappa shape index (κ3) is 4.09. The fourth-order valence-corrected chi connectivity index (χ4v) is 3.33. The van der Waals surface area contributed by atoms with Crippen molar-refractivity contribution in [2.75, 3.05) is 6.26 Å². The van der Waals surface area contributed by atoms with E-state index in [-0.39, 0.29) is 10.5 Å². The van der Waals surface area contributed by atoms with Gasteiger partial charge in [-0.2, -0.15) is 0 Å². The van der Waals surface area contributed by atoms with Crippen molar-refractivity contribution in [3.8, 4) is 0 Å². The molecular weight excluding hydrogens is 308 g/mol. The van der Waals surface area contributed by atoms with Gasteiger partial charge in [-0.15, -0.1) is 11.8 Å². The second kappa shape index (κ2) is 6.32. The SMILES string of the molecule is CS(=O)(=O)c1ccc(SCc2ccccc2C(=O)O)cc1. The van der Waals surface area contributed by atoms with Crippen LogP contribution >= 0.6 is 11.8 Å². The summed E-state index contributed by atoms with van der Waals surface area (Å²) in [7, 11) is -3.19. The molecule has 0 heterocycles. The highest BCUT2D eigenvalue weighted by Crippen LogP contribution is 2.25. The molecule has 110 valence electrons. The molecule has 0 bridgehead atoms. The molecule has 0 saturated carbocycles. The third-order valence-electron chi connectivity index (χ3n) is 2.89. The molecule has 6 heteroatoms. The van der Waals surface area contributed by atoms with Gasteiger partial charge >= 0.3 is 5.97 Å². The van der Waals surface area contributed by atoms with E-state index in [1.54, 1.807) is 48.5 Å². The van der Waals surface area contributed by atoms with Crippen LogP contribution in [0.4, 0.5) is 0 Å². The molecule has 0 unspecified atom stereocenters. The molecule has 0 aliphatic carbocycles. The highest BCUT2D eigenvalue weighted by Gasteiger charge is 2.10. The Bertz CT molecular complexity index is 749. The number of aromatic carboxylic acids is 1. The van der Waals surface area contributed by atoms with Gasteiger partial charge in [0, 0.05) is 16.9 Å². The highest BCUT2D eigenvalue weighted by molar-refractivity contribution is 7.98. The Labute approximate surface area is 127 Å². The molecule has 0 aromatic heterocycles. The monoisotopic (exact) mass is 322 g/mol. The number of sulfone groups is 1. The molecular formula is C15H14O4S2. The average molecular weight is 322 g/mol. The molecule has 0 saturated heterocycles. The summed E-state index contributed by atoms with van der Waals surface area (Å²) < 4.78 is 22.7. The summed E-state index contributed by atoms with van der Waals surface area (Å²) in [4.78, 5) is 12.3. The maximum Gasteiger partial charge on any atom is 0.335 e. The lowest BCUT2D eigenvalue weighted by atomic mass is 10.1. The smallest absolute Gasteiger partial charge is 0.335 e. The van der Waals surface area contributed by atoms with E-state index < -0.39 is 15.8 Å². The van der Waals surface area contributed by atoms with Crippen LogP contribution in [0.3, 0.4) is 0 Å². The van der Waals surface area contributed by atoms with Gasteiger partial charge in [0.15, 0.2) is 9.84 Å². The molecule has 2 aromatic carbocycles. The largest absolute Gasteiger partial charge is 0.478 e. The lowest BCUT2D eigenvalue weighted by molar-refractivity contribution is 0.0696. The molecule has 4 nitrogen and oxygen atoms in total. The minimum atomic E-state index is -3.19. The van der Waals surface area contributed by atoms with Crippen LogP contribution < -0.4 is 0 Å². The van der Waals surface area contributed by atoms with E-state index in [2.05, 4.69) is 0 Å². The van der Waals surface area contributed by atoms with Crippen molar-refractivity contribution in [1.29, 1.82) is 0 Å². The van der Waals surface area contributed by atoms with Crippen molar-refractivity contribution in [3.05, 3.63) is 59.7 Å². The van der Waals surface area contributed by atoms with Gasteiger partial charge in [-0.1, -0.05) is 18.2 Å². The quantitative estimate of drug-likeness (QED) is 0.857. The van der Waals surface area contributed by atoms with Gasteiger partial charge in [0.05, 0.1) is 10.5 Å². The van der Waals surface area contributed by atoms with E-state index in [0.717, 1.165) is 16.7 Å². The Balaban J connectivity index is 2.12. The predicted molar refractivity (Wildman–Crippen MR) is 82.5 cm³/mol. The minimum absolute atomic E-state index is 0.276. The van der Waals surface area contributed by atoms with Gasteiger partial charge < -0.3 is 5.11 Å². The van der Waals surface area contributed by atoms with Gasteiger partial charge in [0.1, 0.15) is 0 Å². The summed E-state index contributed by atoms with van der Waals surface area (Å²) in [5, 5.41) is 9.11. The van der Waals surface area contributed by atoms with Crippen molar-refractivity contribution < 1.29 is 18.3 Å². The van der Waals surface area contributed by atoms with Gasteiger partial charge in [0.25, 0.3) is 0 Å². The van der Waals surface area contributed by atoms with Crippen molar-refractivity contribution in [1.82, 2.24) is 0 Å². The van der Waals surface area contributed by atoms with Crippen LogP contribution in [-0.2, 0) is 15.6 Å². The van der Waals surface area contributed by atoms with Crippen LogP contribution in [0.25, 0.3) is 0 Å². The molecule has 0 amide bonds. The number of thioether (sulfide) groups is 1. The summed E-state index contributed by atoms with van der Waals surface area (Å²) in [6.45, 7) is 0. The van der Waals surface area contributed by atoms with E-state index in [1.165, 1.54) is 11.8 Å². The topological polar surface area (TPSA) is 71.4 Å². The first-order valence-corrected chi connectivity index (χ1v) is 9.00. The molecule has 0 fully saturated rings. The fourth-order valence-electron chi connectivity index (χ4n) is 1.80. The van der Waals surface area contributed by atoms with Crippen LogP contribution in [0, 0.1) is 0 Å². The van der Waals surface area contributed by atoms with E-state index >= 15 is 0 Å². The molecule has 2 aromatic rings. The summed E-state index contributed by atoms with van der Waals surface area (Å²) >= 11 is 1.47. The summed E-state index contributed by atoms with van der Waals surface area (Å²) in [6.07, 6.45) is 1.16. The van der Waals surface area contributed by atoms with Crippen molar-refractivity contribution in [3.63, 3.8) is 0 Å². The Morgan fingerprint density at radius 1 is 1.10 bits per heavy atom. The Morgan fingerprint density at radius 3 is 2.29 bits per heavy atom. The predicted octanol–water partition coefficient (Wildman–Crippen LogP) is 3.08. The van der Waals surface area contributed by atoms with Crippen LogP contribution in [-0.4, -0.2) is 25.7 Å². The van der Waals surface area contributed by atoms with E-state index in [1.807, 2.05) is 0 Å². The van der Waals surface area contributed by atoms with Crippen LogP contribution in [0.1, 0.15) is 15.9 Å². The van der Waals surface area contributed by atoms with E-state index in [0.29, 0.717) is 5.75 Å². The zero-order chi connectivity index (χ0) is 15.5. The minimum Gasteiger partial charge on any atom is -0.478 e. The van der Waals surface area contributed by atoms with Crippen molar-refractivity contribution in [2.45, 2.75) is 15.5 Å². The Hall–Kier alpha value is -1.79. The lowest BCUT2D eigenvalue weighted by Gasteiger charge is -2.06. The lowest BCUT2D eigenvalue weighted by Crippen LogP contribution is -2.00. The summed E-state index contributed by atoms with van der Waals surface area (Å²) in [5.41, 5.74) is 1.03. The first-order valence-electron chi connectivity index (χ1n) is 6.12. The maximum absolute atomic E-state index is 11.4. The first kappa shape index (κ1) is 15.6. The zero-order valence-corrected chi connectivity index (χ0v) is 12.9. The van der Waals surface area contributed by atoms with Gasteiger partial charge in [0.2, 0.25) is 0 Å². The standard InChI is InChI=1S/C15H14O4S2/c1-21(18,19)13-8-6-12(7-9-13)20-10-11-4-2-3-5-14(11)15(16)17/h2-9H,10H2,1H3,(H,16,17). The molecule has 1 N–H and O–H groups in total. The van der Waals surface area contributed by atoms with Gasteiger partial charge in [-0.25, -0.2) is 13.2 Å². The molecule has 0 aliphatic rings. The number of benzene rings is 2. The average Bonchev–Trinajstić information content (AvgIpc) is 2.45. The molecule has 0 spiro atoms. The van der Waals surface area contributed by atoms with Crippen LogP contribution in [0.15, 0.2) is 58.3 Å².